The Bertz CT molecular complexity index is 1040. The second kappa shape index (κ2) is 6.44. The smallest absolute Gasteiger partial charge is 0.164 e. The summed E-state index contributed by atoms with van der Waals surface area (Å²) < 4.78 is 29.3. The van der Waals surface area contributed by atoms with Crippen LogP contribution in [0, 0.1) is 5.41 Å². The highest BCUT2D eigenvalue weighted by atomic mass is 16.5. The normalized spacial score (nSPS) is 23.4. The first kappa shape index (κ1) is 17.9. The average molecular weight is 393 g/mol. The van der Waals surface area contributed by atoms with Crippen molar-refractivity contribution in [3.05, 3.63) is 53.1 Å². The molecule has 2 aromatic carbocycles. The topological polar surface area (TPSA) is 70.0 Å². The minimum atomic E-state index is -0.282. The van der Waals surface area contributed by atoms with Gasteiger partial charge in [-0.3, -0.25) is 0 Å². The lowest BCUT2D eigenvalue weighted by Crippen LogP contribution is -2.43. The Kier molecular flexibility index (Phi) is 3.98. The lowest BCUT2D eigenvalue weighted by atomic mass is 9.80. The summed E-state index contributed by atoms with van der Waals surface area (Å²) in [6.07, 6.45) is 0.379. The SMILES string of the molecule is C=C(C)[C@H]1Cc2c(ccc3c2O[C@@H]2COc4cc(OC)c(OC)cc4[C@@H]2C3=N)O1. The summed E-state index contributed by atoms with van der Waals surface area (Å²) in [6.45, 7) is 6.35. The van der Waals surface area contributed by atoms with Crippen molar-refractivity contribution in [1.29, 1.82) is 5.41 Å². The van der Waals surface area contributed by atoms with Gasteiger partial charge in [0.25, 0.3) is 0 Å². The molecule has 5 rings (SSSR count). The van der Waals surface area contributed by atoms with E-state index in [4.69, 9.17) is 29.1 Å². The van der Waals surface area contributed by atoms with E-state index in [1.165, 1.54) is 0 Å². The zero-order valence-corrected chi connectivity index (χ0v) is 16.7. The van der Waals surface area contributed by atoms with Crippen molar-refractivity contribution in [3.8, 4) is 28.7 Å². The highest BCUT2D eigenvalue weighted by molar-refractivity contribution is 6.07. The summed E-state index contributed by atoms with van der Waals surface area (Å²) in [5.41, 5.74) is 4.20. The summed E-state index contributed by atoms with van der Waals surface area (Å²) in [7, 11) is 3.20. The van der Waals surface area contributed by atoms with E-state index in [0.29, 0.717) is 36.0 Å². The average Bonchev–Trinajstić information content (AvgIpc) is 3.17. The maximum atomic E-state index is 8.98. The minimum Gasteiger partial charge on any atom is -0.493 e. The van der Waals surface area contributed by atoms with E-state index >= 15 is 0 Å². The molecule has 6 heteroatoms. The van der Waals surface area contributed by atoms with Gasteiger partial charge in [-0.15, -0.1) is 0 Å². The number of ether oxygens (including phenoxy) is 5. The summed E-state index contributed by atoms with van der Waals surface area (Å²) in [6, 6.07) is 7.57. The Morgan fingerprint density at radius 1 is 1.10 bits per heavy atom. The molecule has 3 atom stereocenters. The number of benzene rings is 2. The number of hydrogen-bond donors (Lipinski definition) is 1. The van der Waals surface area contributed by atoms with Crippen LogP contribution >= 0.6 is 0 Å². The van der Waals surface area contributed by atoms with Gasteiger partial charge in [0, 0.05) is 29.2 Å². The fourth-order valence-electron chi connectivity index (χ4n) is 4.39. The van der Waals surface area contributed by atoms with Crippen LogP contribution in [0.4, 0.5) is 0 Å². The molecule has 6 nitrogen and oxygen atoms in total. The third-order valence-electron chi connectivity index (χ3n) is 5.92. The predicted octanol–water partition coefficient (Wildman–Crippen LogP) is 3.89. The van der Waals surface area contributed by atoms with Gasteiger partial charge < -0.3 is 29.1 Å². The first-order valence-electron chi connectivity index (χ1n) is 9.64. The maximum absolute atomic E-state index is 8.98. The molecule has 0 fully saturated rings. The van der Waals surface area contributed by atoms with E-state index < -0.39 is 0 Å². The Morgan fingerprint density at radius 3 is 2.59 bits per heavy atom. The highest BCUT2D eigenvalue weighted by Crippen LogP contribution is 2.49. The molecule has 0 radical (unpaired) electrons. The minimum absolute atomic E-state index is 0.0490. The van der Waals surface area contributed by atoms with Crippen molar-refractivity contribution in [3.63, 3.8) is 0 Å². The molecule has 150 valence electrons. The van der Waals surface area contributed by atoms with Crippen LogP contribution in [0.15, 0.2) is 36.4 Å². The van der Waals surface area contributed by atoms with Crippen molar-refractivity contribution in [2.75, 3.05) is 20.8 Å². The van der Waals surface area contributed by atoms with Crippen LogP contribution in [0.25, 0.3) is 0 Å². The lowest BCUT2D eigenvalue weighted by molar-refractivity contribution is 0.0972. The molecule has 3 aliphatic heterocycles. The standard InChI is InChI=1S/C23H23NO5/c1-11(2)16-8-14-15(28-16)6-5-12-22(24)21-13-7-18(25-3)19(26-4)9-17(13)27-10-20(21)29-23(12)14/h5-7,9,16,20-21,24H,1,8,10H2,2-4H3/t16-,20-,21+/m1/s1. The molecule has 0 amide bonds. The first-order chi connectivity index (χ1) is 14.0. The largest absolute Gasteiger partial charge is 0.493 e. The zero-order valence-electron chi connectivity index (χ0n) is 16.7. The van der Waals surface area contributed by atoms with E-state index in [0.717, 1.165) is 33.8 Å². The second-order valence-electron chi connectivity index (χ2n) is 7.68. The molecule has 0 saturated carbocycles. The number of fused-ring (bicyclic) bond motifs is 6. The molecule has 0 unspecified atom stereocenters. The van der Waals surface area contributed by atoms with Gasteiger partial charge in [-0.1, -0.05) is 6.58 Å². The second-order valence-corrected chi connectivity index (χ2v) is 7.68. The van der Waals surface area contributed by atoms with Crippen LogP contribution in [0.2, 0.25) is 0 Å². The Labute approximate surface area is 169 Å². The zero-order chi connectivity index (χ0) is 20.3. The Balaban J connectivity index is 1.58. The van der Waals surface area contributed by atoms with E-state index in [2.05, 4.69) is 6.58 Å². The maximum Gasteiger partial charge on any atom is 0.164 e. The Morgan fingerprint density at radius 2 is 1.86 bits per heavy atom. The number of hydrogen-bond acceptors (Lipinski definition) is 6. The highest BCUT2D eigenvalue weighted by Gasteiger charge is 2.43. The third-order valence-corrected chi connectivity index (χ3v) is 5.92. The fraction of sp³-hybridized carbons (Fsp3) is 0.348. The van der Waals surface area contributed by atoms with Gasteiger partial charge >= 0.3 is 0 Å². The molecule has 1 N–H and O–H groups in total. The lowest BCUT2D eigenvalue weighted by Gasteiger charge is -2.39. The van der Waals surface area contributed by atoms with E-state index in [9.17, 15) is 0 Å². The summed E-state index contributed by atoms with van der Waals surface area (Å²) in [4.78, 5) is 0. The van der Waals surface area contributed by atoms with E-state index in [1.807, 2.05) is 31.2 Å². The fourth-order valence-corrected chi connectivity index (χ4v) is 4.39. The molecule has 0 bridgehead atoms. The monoisotopic (exact) mass is 393 g/mol. The van der Waals surface area contributed by atoms with Crippen molar-refractivity contribution in [2.45, 2.75) is 31.5 Å². The molecule has 0 aromatic heterocycles. The van der Waals surface area contributed by atoms with Gasteiger partial charge in [-0.2, -0.15) is 0 Å². The molecule has 0 aliphatic carbocycles. The van der Waals surface area contributed by atoms with Crippen molar-refractivity contribution in [1.82, 2.24) is 0 Å². The summed E-state index contributed by atoms with van der Waals surface area (Å²) in [5.74, 6) is 3.24. The van der Waals surface area contributed by atoms with Crippen LogP contribution in [0.1, 0.15) is 29.5 Å². The Hall–Kier alpha value is -3.15. The van der Waals surface area contributed by atoms with Gasteiger partial charge in [-0.05, 0) is 30.7 Å². The van der Waals surface area contributed by atoms with Crippen LogP contribution in [-0.2, 0) is 6.42 Å². The first-order valence-corrected chi connectivity index (χ1v) is 9.64. The quantitative estimate of drug-likeness (QED) is 0.802. The van der Waals surface area contributed by atoms with Gasteiger partial charge in [0.2, 0.25) is 0 Å². The molecule has 0 saturated heterocycles. The number of nitrogens with one attached hydrogen (secondary N) is 1. The number of rotatable bonds is 3. The van der Waals surface area contributed by atoms with Crippen LogP contribution in [0.3, 0.4) is 0 Å². The van der Waals surface area contributed by atoms with Crippen LogP contribution in [-0.4, -0.2) is 38.7 Å². The van der Waals surface area contributed by atoms with Crippen molar-refractivity contribution in [2.24, 2.45) is 0 Å². The molecular formula is C23H23NO5. The molecule has 0 spiro atoms. The number of methoxy groups -OCH3 is 2. The molecule has 29 heavy (non-hydrogen) atoms. The predicted molar refractivity (Wildman–Crippen MR) is 108 cm³/mol. The summed E-state index contributed by atoms with van der Waals surface area (Å²) in [5, 5.41) is 8.98. The van der Waals surface area contributed by atoms with Crippen molar-refractivity contribution >= 4 is 5.71 Å². The van der Waals surface area contributed by atoms with Gasteiger partial charge in [0.15, 0.2) is 11.5 Å². The van der Waals surface area contributed by atoms with Gasteiger partial charge in [0.1, 0.15) is 36.1 Å². The summed E-state index contributed by atoms with van der Waals surface area (Å²) >= 11 is 0. The molecule has 3 heterocycles. The molecule has 2 aromatic rings. The van der Waals surface area contributed by atoms with Crippen molar-refractivity contribution < 1.29 is 23.7 Å². The van der Waals surface area contributed by atoms with E-state index in [1.54, 1.807) is 14.2 Å². The van der Waals surface area contributed by atoms with Gasteiger partial charge in [-0.25, -0.2) is 0 Å². The van der Waals surface area contributed by atoms with Gasteiger partial charge in [0.05, 0.1) is 25.8 Å². The van der Waals surface area contributed by atoms with E-state index in [-0.39, 0.29) is 18.1 Å². The third kappa shape index (κ3) is 2.58. The van der Waals surface area contributed by atoms with Crippen LogP contribution < -0.4 is 23.7 Å². The molecular weight excluding hydrogens is 370 g/mol. The van der Waals surface area contributed by atoms with Crippen LogP contribution in [0.5, 0.6) is 28.7 Å². The molecule has 3 aliphatic rings.